The second-order valence-electron chi connectivity index (χ2n) is 6.19. The third kappa shape index (κ3) is 2.90. The van der Waals surface area contributed by atoms with Crippen LogP contribution in [0.5, 0.6) is 0 Å². The van der Waals surface area contributed by atoms with E-state index in [2.05, 4.69) is 22.2 Å². The standard InChI is InChI=1S/C16H25N3/c1-12(13-7-3-2-4-8-13)19-16-14-9-5-6-10-15(14)17-11-18-16/h11-13H,2-10H2,1H3,(H,17,18,19). The van der Waals surface area contributed by atoms with Crippen molar-refractivity contribution in [1.29, 1.82) is 0 Å². The third-order valence-corrected chi connectivity index (χ3v) is 4.85. The van der Waals surface area contributed by atoms with E-state index in [4.69, 9.17) is 0 Å². The number of hydrogen-bond acceptors (Lipinski definition) is 3. The second-order valence-corrected chi connectivity index (χ2v) is 6.19. The van der Waals surface area contributed by atoms with Crippen molar-refractivity contribution >= 4 is 5.82 Å². The van der Waals surface area contributed by atoms with Crippen LogP contribution < -0.4 is 5.32 Å². The van der Waals surface area contributed by atoms with Gasteiger partial charge in [0.2, 0.25) is 0 Å². The summed E-state index contributed by atoms with van der Waals surface area (Å²) >= 11 is 0. The maximum absolute atomic E-state index is 4.50. The van der Waals surface area contributed by atoms with Crippen LogP contribution in [0.4, 0.5) is 5.82 Å². The van der Waals surface area contributed by atoms with Crippen molar-refractivity contribution < 1.29 is 0 Å². The molecule has 0 spiro atoms. The van der Waals surface area contributed by atoms with Crippen LogP contribution in [0.3, 0.4) is 0 Å². The molecule has 1 fully saturated rings. The van der Waals surface area contributed by atoms with Gasteiger partial charge in [0.1, 0.15) is 12.1 Å². The van der Waals surface area contributed by atoms with Crippen molar-refractivity contribution in [3.63, 3.8) is 0 Å². The van der Waals surface area contributed by atoms with Gasteiger partial charge in [-0.1, -0.05) is 19.3 Å². The summed E-state index contributed by atoms with van der Waals surface area (Å²) in [6, 6.07) is 0.543. The average Bonchev–Trinajstić information content (AvgIpc) is 2.48. The number of aromatic nitrogens is 2. The zero-order valence-electron chi connectivity index (χ0n) is 12.0. The zero-order valence-corrected chi connectivity index (χ0v) is 12.0. The molecule has 2 aliphatic carbocycles. The molecule has 104 valence electrons. The molecular weight excluding hydrogens is 234 g/mol. The number of anilines is 1. The molecule has 19 heavy (non-hydrogen) atoms. The molecule has 3 nitrogen and oxygen atoms in total. The van der Waals surface area contributed by atoms with Crippen LogP contribution >= 0.6 is 0 Å². The van der Waals surface area contributed by atoms with Gasteiger partial charge < -0.3 is 5.32 Å². The Kier molecular flexibility index (Phi) is 4.00. The van der Waals surface area contributed by atoms with Crippen molar-refractivity contribution in [3.8, 4) is 0 Å². The lowest BCUT2D eigenvalue weighted by Crippen LogP contribution is -2.29. The molecule has 2 aliphatic rings. The Labute approximate surface area is 116 Å². The lowest BCUT2D eigenvalue weighted by Gasteiger charge is -2.29. The molecule has 0 aromatic carbocycles. The SMILES string of the molecule is CC(Nc1ncnc2c1CCCC2)C1CCCCC1. The van der Waals surface area contributed by atoms with Crippen LogP contribution in [0.2, 0.25) is 0 Å². The molecule has 0 radical (unpaired) electrons. The molecule has 0 amide bonds. The summed E-state index contributed by atoms with van der Waals surface area (Å²) in [7, 11) is 0. The van der Waals surface area contributed by atoms with Gasteiger partial charge in [-0.2, -0.15) is 0 Å². The molecule has 1 unspecified atom stereocenters. The Balaban J connectivity index is 1.72. The van der Waals surface area contributed by atoms with Crippen molar-refractivity contribution in [3.05, 3.63) is 17.6 Å². The van der Waals surface area contributed by atoms with Crippen molar-refractivity contribution in [2.45, 2.75) is 70.8 Å². The van der Waals surface area contributed by atoms with Gasteiger partial charge in [-0.3, -0.25) is 0 Å². The summed E-state index contributed by atoms with van der Waals surface area (Å²) in [6.07, 6.45) is 13.6. The summed E-state index contributed by atoms with van der Waals surface area (Å²) in [5.74, 6) is 1.94. The summed E-state index contributed by atoms with van der Waals surface area (Å²) in [4.78, 5) is 8.95. The minimum atomic E-state index is 0.543. The minimum Gasteiger partial charge on any atom is -0.367 e. The van der Waals surface area contributed by atoms with Gasteiger partial charge in [0.05, 0.1) is 0 Å². The Bertz CT molecular complexity index is 424. The van der Waals surface area contributed by atoms with E-state index in [1.807, 2.05) is 0 Å². The highest BCUT2D eigenvalue weighted by Gasteiger charge is 2.22. The molecular formula is C16H25N3. The first-order chi connectivity index (χ1) is 9.34. The second kappa shape index (κ2) is 5.89. The van der Waals surface area contributed by atoms with E-state index < -0.39 is 0 Å². The summed E-state index contributed by atoms with van der Waals surface area (Å²) in [6.45, 7) is 2.33. The largest absolute Gasteiger partial charge is 0.367 e. The fourth-order valence-corrected chi connectivity index (χ4v) is 3.61. The van der Waals surface area contributed by atoms with E-state index in [9.17, 15) is 0 Å². The Morgan fingerprint density at radius 2 is 1.84 bits per heavy atom. The van der Waals surface area contributed by atoms with Gasteiger partial charge in [-0.15, -0.1) is 0 Å². The first kappa shape index (κ1) is 12.9. The number of hydrogen-bond donors (Lipinski definition) is 1. The van der Waals surface area contributed by atoms with Crippen molar-refractivity contribution in [2.24, 2.45) is 5.92 Å². The molecule has 3 heteroatoms. The molecule has 1 aromatic rings. The number of nitrogens with zero attached hydrogens (tertiary/aromatic N) is 2. The van der Waals surface area contributed by atoms with Crippen LogP contribution in [0, 0.1) is 5.92 Å². The van der Waals surface area contributed by atoms with Gasteiger partial charge in [0, 0.05) is 17.3 Å². The number of nitrogens with one attached hydrogen (secondary N) is 1. The fourth-order valence-electron chi connectivity index (χ4n) is 3.61. The van der Waals surface area contributed by atoms with E-state index >= 15 is 0 Å². The molecule has 1 aromatic heterocycles. The van der Waals surface area contributed by atoms with Crippen molar-refractivity contribution in [1.82, 2.24) is 9.97 Å². The van der Waals surface area contributed by atoms with E-state index in [1.165, 1.54) is 56.2 Å². The topological polar surface area (TPSA) is 37.8 Å². The maximum Gasteiger partial charge on any atom is 0.133 e. The van der Waals surface area contributed by atoms with E-state index in [0.29, 0.717) is 6.04 Å². The van der Waals surface area contributed by atoms with E-state index in [0.717, 1.165) is 24.6 Å². The molecule has 0 saturated heterocycles. The molecule has 3 rings (SSSR count). The monoisotopic (exact) mass is 259 g/mol. The summed E-state index contributed by atoms with van der Waals surface area (Å²) < 4.78 is 0. The predicted molar refractivity (Wildman–Crippen MR) is 78.3 cm³/mol. The number of aryl methyl sites for hydroxylation is 1. The highest BCUT2D eigenvalue weighted by atomic mass is 15.0. The molecule has 1 heterocycles. The smallest absolute Gasteiger partial charge is 0.133 e. The minimum absolute atomic E-state index is 0.543. The normalized spacial score (nSPS) is 21.7. The highest BCUT2D eigenvalue weighted by Crippen LogP contribution is 2.30. The molecule has 1 N–H and O–H groups in total. The highest BCUT2D eigenvalue weighted by molar-refractivity contribution is 5.47. The Hall–Kier alpha value is -1.12. The van der Waals surface area contributed by atoms with E-state index in [1.54, 1.807) is 6.33 Å². The Morgan fingerprint density at radius 1 is 1.05 bits per heavy atom. The quantitative estimate of drug-likeness (QED) is 0.898. The Morgan fingerprint density at radius 3 is 2.68 bits per heavy atom. The molecule has 0 aliphatic heterocycles. The lowest BCUT2D eigenvalue weighted by molar-refractivity contribution is 0.328. The van der Waals surface area contributed by atoms with Crippen LogP contribution in [0.15, 0.2) is 6.33 Å². The van der Waals surface area contributed by atoms with E-state index in [-0.39, 0.29) is 0 Å². The molecule has 1 saturated carbocycles. The van der Waals surface area contributed by atoms with Gasteiger partial charge in [-0.05, 0) is 51.4 Å². The van der Waals surface area contributed by atoms with Gasteiger partial charge in [-0.25, -0.2) is 9.97 Å². The van der Waals surface area contributed by atoms with Crippen LogP contribution in [-0.2, 0) is 12.8 Å². The van der Waals surface area contributed by atoms with Gasteiger partial charge >= 0.3 is 0 Å². The maximum atomic E-state index is 4.50. The van der Waals surface area contributed by atoms with Gasteiger partial charge in [0.15, 0.2) is 0 Å². The lowest BCUT2D eigenvalue weighted by atomic mass is 9.84. The first-order valence-electron chi connectivity index (χ1n) is 7.94. The van der Waals surface area contributed by atoms with Crippen LogP contribution in [-0.4, -0.2) is 16.0 Å². The molecule has 0 bridgehead atoms. The first-order valence-corrected chi connectivity index (χ1v) is 7.94. The number of rotatable bonds is 3. The zero-order chi connectivity index (χ0) is 13.1. The van der Waals surface area contributed by atoms with Crippen molar-refractivity contribution in [2.75, 3.05) is 5.32 Å². The summed E-state index contributed by atoms with van der Waals surface area (Å²) in [5, 5.41) is 3.69. The third-order valence-electron chi connectivity index (χ3n) is 4.85. The molecule has 1 atom stereocenters. The predicted octanol–water partition coefficient (Wildman–Crippen LogP) is 3.74. The number of fused-ring (bicyclic) bond motifs is 1. The summed E-state index contributed by atoms with van der Waals surface area (Å²) in [5.41, 5.74) is 2.66. The van der Waals surface area contributed by atoms with Crippen LogP contribution in [0.1, 0.15) is 63.1 Å². The van der Waals surface area contributed by atoms with Crippen LogP contribution in [0.25, 0.3) is 0 Å². The average molecular weight is 259 g/mol. The fraction of sp³-hybridized carbons (Fsp3) is 0.750. The van der Waals surface area contributed by atoms with Gasteiger partial charge in [0.25, 0.3) is 0 Å².